The second kappa shape index (κ2) is 84.3. The van der Waals surface area contributed by atoms with Crippen LogP contribution < -0.4 is 5.11 Å². The van der Waals surface area contributed by atoms with Gasteiger partial charge in [0.1, 0.15) is 13.2 Å². The fourth-order valence-corrected chi connectivity index (χ4v) is 12.8. The molecule has 0 aromatic rings. The van der Waals surface area contributed by atoms with Gasteiger partial charge >= 0.3 is 11.9 Å². The van der Waals surface area contributed by atoms with Gasteiger partial charge in [0.05, 0.1) is 40.3 Å². The number of carbonyl (C=O) groups excluding carboxylic acids is 3. The highest BCUT2D eigenvalue weighted by Gasteiger charge is 2.22. The molecule has 9 nitrogen and oxygen atoms in total. The van der Waals surface area contributed by atoms with Gasteiger partial charge in [-0.2, -0.15) is 0 Å². The Morgan fingerprint density at radius 3 is 0.817 bits per heavy atom. The van der Waals surface area contributed by atoms with E-state index < -0.39 is 24.3 Å². The van der Waals surface area contributed by atoms with Gasteiger partial charge in [0.25, 0.3) is 0 Å². The SMILES string of the molecule is CC/C=C\C/C=C\C/C=C\C/C=C\C/C=C\C/C=C\C/C=C\C/C=C\C/C=C\C/C=C\CCCCCCCCCCC(=O)OC(COC(=O)CCCCCCCCCCCCCCCCCCCCCCCCCCCCCCCCCCCCCCCCCC)COC(OCC[N+](C)(C)C)C(=O)[O-]. The highest BCUT2D eigenvalue weighted by Crippen LogP contribution is 2.20. The molecule has 0 amide bonds. The Bertz CT molecular complexity index is 2140. The molecule has 0 spiro atoms. The van der Waals surface area contributed by atoms with Crippen LogP contribution in [-0.2, 0) is 33.3 Å². The van der Waals surface area contributed by atoms with Crippen molar-refractivity contribution in [1.29, 1.82) is 0 Å². The first kappa shape index (κ1) is 99.7. The molecular weight excluding hydrogens is 1280 g/mol. The minimum absolute atomic E-state index is 0.142. The lowest BCUT2D eigenvalue weighted by Gasteiger charge is -2.26. The Balaban J connectivity index is 4.00. The van der Waals surface area contributed by atoms with Gasteiger partial charge in [0.2, 0.25) is 0 Å². The van der Waals surface area contributed by atoms with E-state index in [0.717, 1.165) is 109 Å². The van der Waals surface area contributed by atoms with Crippen LogP contribution in [-0.4, -0.2) is 82.3 Å². The second-order valence-corrected chi connectivity index (χ2v) is 30.8. The largest absolute Gasteiger partial charge is 0.545 e. The average Bonchev–Trinajstić information content (AvgIpc) is 1.13. The molecule has 0 radical (unpaired) electrons. The van der Waals surface area contributed by atoms with Crippen LogP contribution in [0, 0.1) is 0 Å². The van der Waals surface area contributed by atoms with Gasteiger partial charge in [-0.3, -0.25) is 9.59 Å². The van der Waals surface area contributed by atoms with Crippen molar-refractivity contribution >= 4 is 17.9 Å². The number of unbranched alkanes of at least 4 members (excludes halogenated alkanes) is 47. The van der Waals surface area contributed by atoms with Crippen LogP contribution in [0.25, 0.3) is 0 Å². The van der Waals surface area contributed by atoms with Gasteiger partial charge in [-0.1, -0.05) is 424 Å². The molecule has 0 fully saturated rings. The monoisotopic (exact) mass is 1450 g/mol. The molecular formula is C95H167NO8. The van der Waals surface area contributed by atoms with E-state index in [1.165, 1.54) is 263 Å². The molecule has 0 aliphatic heterocycles. The van der Waals surface area contributed by atoms with E-state index >= 15 is 0 Å². The minimum Gasteiger partial charge on any atom is -0.545 e. The van der Waals surface area contributed by atoms with Crippen LogP contribution in [0.5, 0.6) is 0 Å². The molecule has 0 rings (SSSR count). The number of nitrogens with zero attached hydrogens (tertiary/aromatic N) is 1. The molecule has 600 valence electrons. The van der Waals surface area contributed by atoms with Crippen LogP contribution in [0.3, 0.4) is 0 Å². The van der Waals surface area contributed by atoms with Gasteiger partial charge in [-0.15, -0.1) is 0 Å². The third-order valence-corrected chi connectivity index (χ3v) is 19.5. The van der Waals surface area contributed by atoms with Crippen LogP contribution in [0.15, 0.2) is 122 Å². The molecule has 0 aromatic heterocycles. The Labute approximate surface area is 644 Å². The fourth-order valence-electron chi connectivity index (χ4n) is 12.8. The summed E-state index contributed by atoms with van der Waals surface area (Å²) in [4.78, 5) is 37.7. The summed E-state index contributed by atoms with van der Waals surface area (Å²) in [5, 5.41) is 11.9. The first-order valence-corrected chi connectivity index (χ1v) is 44.2. The number of ether oxygens (including phenoxy) is 4. The Hall–Kier alpha value is -4.31. The zero-order valence-corrected chi connectivity index (χ0v) is 68.9. The first-order chi connectivity index (χ1) is 51.1. The van der Waals surface area contributed by atoms with E-state index in [4.69, 9.17) is 18.9 Å². The van der Waals surface area contributed by atoms with E-state index in [0.29, 0.717) is 17.4 Å². The molecule has 0 saturated carbocycles. The van der Waals surface area contributed by atoms with Gasteiger partial charge in [0, 0.05) is 12.8 Å². The molecule has 0 aromatic carbocycles. The number of hydrogen-bond acceptors (Lipinski definition) is 8. The van der Waals surface area contributed by atoms with Crippen molar-refractivity contribution in [3.8, 4) is 0 Å². The average molecular weight is 1450 g/mol. The Morgan fingerprint density at radius 1 is 0.298 bits per heavy atom. The summed E-state index contributed by atoms with van der Waals surface area (Å²) in [7, 11) is 5.94. The first-order valence-electron chi connectivity index (χ1n) is 44.2. The van der Waals surface area contributed by atoms with Crippen molar-refractivity contribution in [2.45, 2.75) is 418 Å². The lowest BCUT2D eigenvalue weighted by Crippen LogP contribution is -2.44. The number of aliphatic carboxylic acids is 1. The van der Waals surface area contributed by atoms with Crippen molar-refractivity contribution in [2.24, 2.45) is 0 Å². The van der Waals surface area contributed by atoms with Crippen LogP contribution in [0.4, 0.5) is 0 Å². The Kier molecular flexibility index (Phi) is 80.8. The smallest absolute Gasteiger partial charge is 0.306 e. The topological polar surface area (TPSA) is 111 Å². The third-order valence-electron chi connectivity index (χ3n) is 19.5. The lowest BCUT2D eigenvalue weighted by atomic mass is 10.0. The van der Waals surface area contributed by atoms with E-state index in [1.54, 1.807) is 0 Å². The maximum atomic E-state index is 13.0. The molecule has 2 atom stereocenters. The molecule has 0 saturated heterocycles. The number of esters is 2. The van der Waals surface area contributed by atoms with Crippen molar-refractivity contribution < 1.29 is 42.9 Å². The number of rotatable bonds is 82. The van der Waals surface area contributed by atoms with Crippen LogP contribution in [0.1, 0.15) is 406 Å². The van der Waals surface area contributed by atoms with Crippen molar-refractivity contribution in [1.82, 2.24) is 0 Å². The quantitative estimate of drug-likeness (QED) is 0.0195. The summed E-state index contributed by atoms with van der Waals surface area (Å²) in [5.74, 6) is -2.28. The second-order valence-electron chi connectivity index (χ2n) is 30.8. The summed E-state index contributed by atoms with van der Waals surface area (Å²) < 4.78 is 22.9. The van der Waals surface area contributed by atoms with Crippen LogP contribution in [0.2, 0.25) is 0 Å². The van der Waals surface area contributed by atoms with Crippen molar-refractivity contribution in [3.63, 3.8) is 0 Å². The molecule has 9 heteroatoms. The fraction of sp³-hybridized carbons (Fsp3) is 0.758. The molecule has 0 bridgehead atoms. The summed E-state index contributed by atoms with van der Waals surface area (Å²) in [6.45, 7) is 4.67. The van der Waals surface area contributed by atoms with E-state index in [2.05, 4.69) is 135 Å². The molecule has 0 aliphatic carbocycles. The van der Waals surface area contributed by atoms with Gasteiger partial charge in [0.15, 0.2) is 12.4 Å². The zero-order valence-electron chi connectivity index (χ0n) is 68.9. The summed E-state index contributed by atoms with van der Waals surface area (Å²) in [6.07, 6.45) is 118. The number of carbonyl (C=O) groups is 3. The normalized spacial score (nSPS) is 13.2. The molecule has 0 aliphatic rings. The summed E-state index contributed by atoms with van der Waals surface area (Å²) in [5.41, 5.74) is 0. The van der Waals surface area contributed by atoms with Crippen molar-refractivity contribution in [3.05, 3.63) is 122 Å². The van der Waals surface area contributed by atoms with E-state index in [1.807, 2.05) is 21.1 Å². The molecule has 0 N–H and O–H groups in total. The number of allylic oxidation sites excluding steroid dienone is 20. The third kappa shape index (κ3) is 84.9. The number of quaternary nitrogens is 1. The highest BCUT2D eigenvalue weighted by molar-refractivity contribution is 5.70. The number of hydrogen-bond donors (Lipinski definition) is 0. The van der Waals surface area contributed by atoms with Gasteiger partial charge in [-0.05, 0) is 89.9 Å². The highest BCUT2D eigenvalue weighted by atomic mass is 16.7. The zero-order chi connectivity index (χ0) is 75.3. The maximum Gasteiger partial charge on any atom is 0.306 e. The number of carboxylic acids is 1. The van der Waals surface area contributed by atoms with Crippen molar-refractivity contribution in [2.75, 3.05) is 47.5 Å². The molecule has 2 unspecified atom stereocenters. The number of carboxylic acid groups (broad SMARTS) is 1. The summed E-state index contributed by atoms with van der Waals surface area (Å²) in [6, 6.07) is 0. The van der Waals surface area contributed by atoms with Crippen LogP contribution >= 0.6 is 0 Å². The van der Waals surface area contributed by atoms with Gasteiger partial charge in [-0.25, -0.2) is 0 Å². The minimum atomic E-state index is -1.63. The van der Waals surface area contributed by atoms with Gasteiger partial charge < -0.3 is 33.3 Å². The maximum absolute atomic E-state index is 13.0. The van der Waals surface area contributed by atoms with E-state index in [-0.39, 0.29) is 38.6 Å². The number of likely N-dealkylation sites (N-methyl/N-ethyl adjacent to an activating group) is 1. The lowest BCUT2D eigenvalue weighted by molar-refractivity contribution is -0.870. The predicted octanol–water partition coefficient (Wildman–Crippen LogP) is 27.7. The molecule has 0 heterocycles. The van der Waals surface area contributed by atoms with E-state index in [9.17, 15) is 19.5 Å². The predicted molar refractivity (Wildman–Crippen MR) is 449 cm³/mol. The summed E-state index contributed by atoms with van der Waals surface area (Å²) >= 11 is 0. The standard InChI is InChI=1S/C95H167NO8/c1-6-8-10-12-14-16-18-20-22-24-26-28-30-32-34-36-38-40-42-44-46-48-49-51-53-55-57-59-61-63-65-67-69-71-73-75-77-79-81-83-85-92(97)102-89-91(90-103-95(94(99)100)101-88-87-96(3,4)5)104-93(98)86-84-82-80-78-76-74-72-70-68-66-64-62-60-58-56-54-52-50-47-45-43-41-39-37-35-33-31-29-27-25-23-21-19-17-15-13-11-9-7-2/h9,11,15,17,21,23,27,29,33,35,39,41,45,47,52,54,58,60,64,66,91,95H,6-8,10,12-14,16,18-20,22,24-26,28,30-32,34,36-38,40,42-44,46,48-51,53,55-57,59,61-63,65,67-90H2,1-5H3/b11-9-,17-15-,23-21-,29-27-,35-33-,41-39-,47-45-,54-52-,60-58-,66-64-. The Morgan fingerprint density at radius 2 is 0.548 bits per heavy atom. The molecule has 104 heavy (non-hydrogen) atoms.